The molecule has 2 amide bonds. The van der Waals surface area contributed by atoms with E-state index in [-0.39, 0.29) is 24.3 Å². The second-order valence-corrected chi connectivity index (χ2v) is 10.6. The first-order valence-electron chi connectivity index (χ1n) is 12.1. The molecule has 2 fully saturated rings. The van der Waals surface area contributed by atoms with Gasteiger partial charge >= 0.3 is 0 Å². The standard InChI is InChI=1S/C26H28ClN5O3S/c27-20-6-1-17(2-7-20)5-10-23-30-31-26(36-23)29-25(34)19-14-24(33)32(16-19)21-8-3-18(4-9-21)13-22-15-28-11-12-35-22/h1-4,6-9,19,22,28H,5,10-16H2,(H,29,31,34)/t19-,22?/m1/s1. The highest BCUT2D eigenvalue weighted by Crippen LogP contribution is 2.27. The van der Waals surface area contributed by atoms with Crippen LogP contribution < -0.4 is 15.5 Å². The Hall–Kier alpha value is -2.85. The first kappa shape index (κ1) is 24.8. The topological polar surface area (TPSA) is 96.5 Å². The Morgan fingerprint density at radius 1 is 1.11 bits per heavy atom. The van der Waals surface area contributed by atoms with Crippen LogP contribution in [0.2, 0.25) is 5.02 Å². The van der Waals surface area contributed by atoms with Crippen molar-refractivity contribution in [3.05, 3.63) is 69.7 Å². The molecule has 0 radical (unpaired) electrons. The van der Waals surface area contributed by atoms with Gasteiger partial charge in [0.15, 0.2) is 0 Å². The number of hydrogen-bond donors (Lipinski definition) is 2. The zero-order valence-electron chi connectivity index (χ0n) is 19.8. The Morgan fingerprint density at radius 3 is 2.64 bits per heavy atom. The third kappa shape index (κ3) is 6.28. The number of hydrogen-bond acceptors (Lipinski definition) is 7. The number of nitrogens with one attached hydrogen (secondary N) is 2. The molecule has 2 atom stereocenters. The molecular formula is C26H28ClN5O3S. The zero-order chi connectivity index (χ0) is 24.9. The van der Waals surface area contributed by atoms with E-state index >= 15 is 0 Å². The van der Waals surface area contributed by atoms with Crippen LogP contribution in [-0.2, 0) is 33.6 Å². The normalized spacial score (nSPS) is 20.0. The monoisotopic (exact) mass is 525 g/mol. The number of rotatable bonds is 8. The van der Waals surface area contributed by atoms with Crippen LogP contribution in [0, 0.1) is 5.92 Å². The number of amides is 2. The Bertz CT molecular complexity index is 1200. The highest BCUT2D eigenvalue weighted by atomic mass is 35.5. The van der Waals surface area contributed by atoms with E-state index in [1.165, 1.54) is 11.3 Å². The third-order valence-electron chi connectivity index (χ3n) is 6.45. The number of carbonyl (C=O) groups excluding carboxylic acids is 2. The minimum Gasteiger partial charge on any atom is -0.375 e. The van der Waals surface area contributed by atoms with Crippen molar-refractivity contribution in [2.45, 2.75) is 31.8 Å². The third-order valence-corrected chi connectivity index (χ3v) is 7.60. The highest BCUT2D eigenvalue weighted by molar-refractivity contribution is 7.15. The quantitative estimate of drug-likeness (QED) is 0.467. The van der Waals surface area contributed by atoms with Crippen LogP contribution in [0.25, 0.3) is 0 Å². The molecule has 0 spiro atoms. The average molecular weight is 526 g/mol. The summed E-state index contributed by atoms with van der Waals surface area (Å²) < 4.78 is 5.77. The molecule has 2 aliphatic rings. The lowest BCUT2D eigenvalue weighted by Crippen LogP contribution is -2.39. The summed E-state index contributed by atoms with van der Waals surface area (Å²) in [5, 5.41) is 16.5. The number of aromatic nitrogens is 2. The summed E-state index contributed by atoms with van der Waals surface area (Å²) in [6.45, 7) is 2.82. The number of anilines is 2. The number of carbonyl (C=O) groups is 2. The lowest BCUT2D eigenvalue weighted by atomic mass is 10.1. The fourth-order valence-electron chi connectivity index (χ4n) is 4.47. The minimum atomic E-state index is -0.430. The SMILES string of the molecule is O=C(Nc1nnc(CCc2ccc(Cl)cc2)s1)[C@@H]1CC(=O)N(c2ccc(CC3CNCCO3)cc2)C1. The van der Waals surface area contributed by atoms with E-state index in [2.05, 4.69) is 20.8 Å². The Labute approximate surface area is 219 Å². The van der Waals surface area contributed by atoms with Crippen molar-refractivity contribution < 1.29 is 14.3 Å². The van der Waals surface area contributed by atoms with Gasteiger partial charge in [-0.05, 0) is 48.2 Å². The number of benzene rings is 2. The maximum absolute atomic E-state index is 12.8. The number of ether oxygens (including phenoxy) is 1. The van der Waals surface area contributed by atoms with E-state index in [4.69, 9.17) is 16.3 Å². The van der Waals surface area contributed by atoms with Crippen LogP contribution in [0.5, 0.6) is 0 Å². The van der Waals surface area contributed by atoms with Crippen LogP contribution in [-0.4, -0.2) is 54.4 Å². The van der Waals surface area contributed by atoms with Crippen LogP contribution in [0.4, 0.5) is 10.8 Å². The van der Waals surface area contributed by atoms with Gasteiger partial charge in [0.05, 0.1) is 18.6 Å². The maximum atomic E-state index is 12.8. The van der Waals surface area contributed by atoms with Gasteiger partial charge in [-0.1, -0.05) is 47.2 Å². The molecule has 188 valence electrons. The largest absolute Gasteiger partial charge is 0.375 e. The molecule has 2 saturated heterocycles. The van der Waals surface area contributed by atoms with Crippen molar-refractivity contribution >= 4 is 45.6 Å². The molecule has 0 aliphatic carbocycles. The van der Waals surface area contributed by atoms with Crippen molar-refractivity contribution in [3.63, 3.8) is 0 Å². The average Bonchev–Trinajstić information content (AvgIpc) is 3.51. The van der Waals surface area contributed by atoms with E-state index in [1.54, 1.807) is 4.90 Å². The van der Waals surface area contributed by atoms with Gasteiger partial charge in [0, 0.05) is 43.2 Å². The number of aryl methyl sites for hydroxylation is 2. The molecule has 5 rings (SSSR count). The summed E-state index contributed by atoms with van der Waals surface area (Å²) in [5.74, 6) is -0.686. The van der Waals surface area contributed by atoms with E-state index in [0.29, 0.717) is 16.7 Å². The molecule has 3 aromatic rings. The highest BCUT2D eigenvalue weighted by Gasteiger charge is 2.35. The van der Waals surface area contributed by atoms with Gasteiger partial charge in [-0.3, -0.25) is 9.59 Å². The summed E-state index contributed by atoms with van der Waals surface area (Å²) in [6.07, 6.45) is 2.72. The second kappa shape index (κ2) is 11.5. The lowest BCUT2D eigenvalue weighted by molar-refractivity contribution is -0.122. The predicted octanol–water partition coefficient (Wildman–Crippen LogP) is 3.50. The Kier molecular flexibility index (Phi) is 7.91. The van der Waals surface area contributed by atoms with Gasteiger partial charge in [-0.2, -0.15) is 0 Å². The summed E-state index contributed by atoms with van der Waals surface area (Å²) in [7, 11) is 0. The van der Waals surface area contributed by atoms with Crippen LogP contribution in [0.1, 0.15) is 22.6 Å². The molecule has 8 nitrogen and oxygen atoms in total. The smallest absolute Gasteiger partial charge is 0.231 e. The molecule has 1 aromatic heterocycles. The van der Waals surface area contributed by atoms with Gasteiger partial charge in [-0.15, -0.1) is 10.2 Å². The first-order valence-corrected chi connectivity index (χ1v) is 13.3. The van der Waals surface area contributed by atoms with Crippen molar-refractivity contribution in [1.29, 1.82) is 0 Å². The van der Waals surface area contributed by atoms with E-state index in [1.807, 2.05) is 48.5 Å². The second-order valence-electron chi connectivity index (χ2n) is 9.09. The summed E-state index contributed by atoms with van der Waals surface area (Å²) >= 11 is 7.30. The maximum Gasteiger partial charge on any atom is 0.231 e. The fourth-order valence-corrected chi connectivity index (χ4v) is 5.34. The molecule has 36 heavy (non-hydrogen) atoms. The van der Waals surface area contributed by atoms with Gasteiger partial charge in [0.2, 0.25) is 16.9 Å². The fraction of sp³-hybridized carbons (Fsp3) is 0.385. The molecular weight excluding hydrogens is 498 g/mol. The molecule has 2 aromatic carbocycles. The molecule has 0 saturated carbocycles. The van der Waals surface area contributed by atoms with E-state index in [9.17, 15) is 9.59 Å². The van der Waals surface area contributed by atoms with Crippen LogP contribution in [0.3, 0.4) is 0 Å². The van der Waals surface area contributed by atoms with Gasteiger partial charge in [0.1, 0.15) is 5.01 Å². The van der Waals surface area contributed by atoms with Crippen molar-refractivity contribution in [2.75, 3.05) is 36.5 Å². The molecule has 0 bridgehead atoms. The predicted molar refractivity (Wildman–Crippen MR) is 141 cm³/mol. The number of halogens is 1. The van der Waals surface area contributed by atoms with Crippen LogP contribution >= 0.6 is 22.9 Å². The zero-order valence-corrected chi connectivity index (χ0v) is 21.4. The minimum absolute atomic E-state index is 0.0522. The van der Waals surface area contributed by atoms with Gasteiger partial charge < -0.3 is 20.3 Å². The van der Waals surface area contributed by atoms with Gasteiger partial charge in [-0.25, -0.2) is 0 Å². The summed E-state index contributed by atoms with van der Waals surface area (Å²) in [6, 6.07) is 15.7. The summed E-state index contributed by atoms with van der Waals surface area (Å²) in [5.41, 5.74) is 3.13. The molecule has 10 heteroatoms. The van der Waals surface area contributed by atoms with Gasteiger partial charge in [0.25, 0.3) is 0 Å². The number of morpholine rings is 1. The van der Waals surface area contributed by atoms with E-state index < -0.39 is 5.92 Å². The Morgan fingerprint density at radius 2 is 1.89 bits per heavy atom. The van der Waals surface area contributed by atoms with Crippen LogP contribution in [0.15, 0.2) is 48.5 Å². The van der Waals surface area contributed by atoms with Crippen molar-refractivity contribution in [1.82, 2.24) is 15.5 Å². The Balaban J connectivity index is 1.12. The lowest BCUT2D eigenvalue weighted by Gasteiger charge is -2.24. The summed E-state index contributed by atoms with van der Waals surface area (Å²) in [4.78, 5) is 27.2. The molecule has 2 N–H and O–H groups in total. The molecule has 2 aliphatic heterocycles. The number of nitrogens with zero attached hydrogens (tertiary/aromatic N) is 3. The molecule has 1 unspecified atom stereocenters. The molecule has 3 heterocycles. The van der Waals surface area contributed by atoms with Crippen molar-refractivity contribution in [3.8, 4) is 0 Å². The first-order chi connectivity index (χ1) is 17.5. The van der Waals surface area contributed by atoms with Crippen molar-refractivity contribution in [2.24, 2.45) is 5.92 Å². The van der Waals surface area contributed by atoms with E-state index in [0.717, 1.165) is 60.8 Å².